The summed E-state index contributed by atoms with van der Waals surface area (Å²) in [7, 11) is 1.44. The highest BCUT2D eigenvalue weighted by Crippen LogP contribution is 2.36. The average Bonchev–Trinajstić information content (AvgIpc) is 2.24. The van der Waals surface area contributed by atoms with Crippen LogP contribution in [0.3, 0.4) is 0 Å². The molecule has 3 heteroatoms. The maximum absolute atomic E-state index is 11.6. The molecular formula is C12H15NO2. The molecule has 3 nitrogen and oxygen atoms in total. The van der Waals surface area contributed by atoms with Crippen molar-refractivity contribution in [2.45, 2.75) is 24.8 Å². The molecule has 1 aromatic carbocycles. The predicted molar refractivity (Wildman–Crippen MR) is 58.7 cm³/mol. The van der Waals surface area contributed by atoms with E-state index in [4.69, 9.17) is 4.74 Å². The highest BCUT2D eigenvalue weighted by molar-refractivity contribution is 5.85. The first-order chi connectivity index (χ1) is 7.27. The third-order valence-electron chi connectivity index (χ3n) is 2.94. The van der Waals surface area contributed by atoms with Crippen LogP contribution in [0.5, 0.6) is 0 Å². The zero-order chi connectivity index (χ0) is 10.7. The second-order valence-corrected chi connectivity index (χ2v) is 3.92. The van der Waals surface area contributed by atoms with Gasteiger partial charge in [0.25, 0.3) is 0 Å². The summed E-state index contributed by atoms with van der Waals surface area (Å²) in [6.45, 7) is 0. The lowest BCUT2D eigenvalue weighted by Gasteiger charge is -2.40. The third kappa shape index (κ3) is 1.82. The van der Waals surface area contributed by atoms with Crippen molar-refractivity contribution in [3.8, 4) is 0 Å². The summed E-state index contributed by atoms with van der Waals surface area (Å²) < 4.78 is 4.83. The molecule has 0 atom stereocenters. The predicted octanol–water partition coefficient (Wildman–Crippen LogP) is 2.19. The lowest BCUT2D eigenvalue weighted by molar-refractivity contribution is -0.149. The molecule has 15 heavy (non-hydrogen) atoms. The molecule has 1 saturated carbocycles. The molecule has 0 aromatic heterocycles. The van der Waals surface area contributed by atoms with Crippen molar-refractivity contribution in [1.82, 2.24) is 0 Å². The fourth-order valence-corrected chi connectivity index (χ4v) is 1.90. The van der Waals surface area contributed by atoms with E-state index in [9.17, 15) is 4.79 Å². The lowest BCUT2D eigenvalue weighted by atomic mass is 9.76. The molecule has 0 radical (unpaired) electrons. The van der Waals surface area contributed by atoms with Crippen LogP contribution >= 0.6 is 0 Å². The van der Waals surface area contributed by atoms with E-state index in [1.165, 1.54) is 7.11 Å². The molecule has 0 bridgehead atoms. The highest BCUT2D eigenvalue weighted by Gasteiger charge is 2.45. The van der Waals surface area contributed by atoms with Gasteiger partial charge in [-0.05, 0) is 31.4 Å². The second kappa shape index (κ2) is 3.93. The quantitative estimate of drug-likeness (QED) is 0.769. The number of benzene rings is 1. The van der Waals surface area contributed by atoms with Crippen LogP contribution in [0.4, 0.5) is 5.69 Å². The summed E-state index contributed by atoms with van der Waals surface area (Å²) in [6.07, 6.45) is 2.79. The molecule has 1 aliphatic rings. The van der Waals surface area contributed by atoms with E-state index in [1.54, 1.807) is 0 Å². The van der Waals surface area contributed by atoms with Crippen LogP contribution < -0.4 is 5.32 Å². The normalized spacial score (nSPS) is 17.7. The first kappa shape index (κ1) is 10.0. The van der Waals surface area contributed by atoms with Crippen molar-refractivity contribution in [2.75, 3.05) is 12.4 Å². The van der Waals surface area contributed by atoms with Crippen LogP contribution in [-0.2, 0) is 9.53 Å². The minimum absolute atomic E-state index is 0.155. The van der Waals surface area contributed by atoms with Crippen molar-refractivity contribution in [3.05, 3.63) is 30.3 Å². The Kier molecular flexibility index (Phi) is 2.62. The van der Waals surface area contributed by atoms with Crippen molar-refractivity contribution in [2.24, 2.45) is 0 Å². The molecule has 1 fully saturated rings. The Balaban J connectivity index is 2.12. The zero-order valence-electron chi connectivity index (χ0n) is 8.82. The number of hydrogen-bond donors (Lipinski definition) is 1. The Morgan fingerprint density at radius 1 is 1.33 bits per heavy atom. The van der Waals surface area contributed by atoms with Gasteiger partial charge in [-0.3, -0.25) is 0 Å². The first-order valence-electron chi connectivity index (χ1n) is 5.18. The third-order valence-corrected chi connectivity index (χ3v) is 2.94. The Hall–Kier alpha value is -1.51. The van der Waals surface area contributed by atoms with E-state index in [1.807, 2.05) is 30.3 Å². The van der Waals surface area contributed by atoms with Crippen molar-refractivity contribution in [1.29, 1.82) is 0 Å². The molecule has 80 valence electrons. The number of ether oxygens (including phenoxy) is 1. The number of anilines is 1. The van der Waals surface area contributed by atoms with Crippen LogP contribution in [0.1, 0.15) is 19.3 Å². The van der Waals surface area contributed by atoms with E-state index in [-0.39, 0.29) is 5.97 Å². The second-order valence-electron chi connectivity index (χ2n) is 3.92. The van der Waals surface area contributed by atoms with Crippen LogP contribution in [0.2, 0.25) is 0 Å². The van der Waals surface area contributed by atoms with E-state index in [2.05, 4.69) is 5.32 Å². The molecule has 0 amide bonds. The van der Waals surface area contributed by atoms with Crippen molar-refractivity contribution >= 4 is 11.7 Å². The van der Waals surface area contributed by atoms with E-state index >= 15 is 0 Å². The SMILES string of the molecule is COC(=O)C1(Nc2ccccc2)CCC1. The summed E-state index contributed by atoms with van der Waals surface area (Å²) in [5.41, 5.74) is 0.499. The van der Waals surface area contributed by atoms with E-state index in [0.29, 0.717) is 0 Å². The Morgan fingerprint density at radius 3 is 2.47 bits per heavy atom. The summed E-state index contributed by atoms with van der Waals surface area (Å²) in [5, 5.41) is 3.27. The molecular weight excluding hydrogens is 190 g/mol. The van der Waals surface area contributed by atoms with Crippen LogP contribution in [0.15, 0.2) is 30.3 Å². The maximum Gasteiger partial charge on any atom is 0.331 e. The first-order valence-corrected chi connectivity index (χ1v) is 5.18. The Labute approximate surface area is 89.4 Å². The molecule has 1 aliphatic carbocycles. The standard InChI is InChI=1S/C12H15NO2/c1-15-11(14)12(8-5-9-12)13-10-6-3-2-4-7-10/h2-4,6-7,13H,5,8-9H2,1H3. The fourth-order valence-electron chi connectivity index (χ4n) is 1.90. The van der Waals surface area contributed by atoms with Gasteiger partial charge in [0.05, 0.1) is 7.11 Å². The number of esters is 1. The number of hydrogen-bond acceptors (Lipinski definition) is 3. The molecule has 0 aliphatic heterocycles. The Morgan fingerprint density at radius 2 is 2.00 bits per heavy atom. The van der Waals surface area contributed by atoms with Crippen molar-refractivity contribution < 1.29 is 9.53 Å². The van der Waals surface area contributed by atoms with Crippen LogP contribution in [-0.4, -0.2) is 18.6 Å². The number of rotatable bonds is 3. The number of nitrogens with one attached hydrogen (secondary N) is 1. The summed E-state index contributed by atoms with van der Waals surface area (Å²) in [4.78, 5) is 11.6. The van der Waals surface area contributed by atoms with Gasteiger partial charge in [0.15, 0.2) is 0 Å². The molecule has 0 heterocycles. The molecule has 1 N–H and O–H groups in total. The van der Waals surface area contributed by atoms with Gasteiger partial charge in [-0.1, -0.05) is 18.2 Å². The molecule has 0 saturated heterocycles. The van der Waals surface area contributed by atoms with Crippen molar-refractivity contribution in [3.63, 3.8) is 0 Å². The minimum atomic E-state index is -0.476. The number of methoxy groups -OCH3 is 1. The molecule has 0 spiro atoms. The Bertz CT molecular complexity index is 344. The monoisotopic (exact) mass is 205 g/mol. The van der Waals surface area contributed by atoms with Gasteiger partial charge in [-0.25, -0.2) is 4.79 Å². The van der Waals surface area contributed by atoms with Gasteiger partial charge in [-0.2, -0.15) is 0 Å². The van der Waals surface area contributed by atoms with E-state index < -0.39 is 5.54 Å². The van der Waals surface area contributed by atoms with Gasteiger partial charge in [0.1, 0.15) is 5.54 Å². The van der Waals surface area contributed by atoms with Crippen LogP contribution in [0.25, 0.3) is 0 Å². The number of para-hydroxylation sites is 1. The van der Waals surface area contributed by atoms with Gasteiger partial charge in [-0.15, -0.1) is 0 Å². The van der Waals surface area contributed by atoms with Gasteiger partial charge < -0.3 is 10.1 Å². The van der Waals surface area contributed by atoms with Crippen LogP contribution in [0, 0.1) is 0 Å². The smallest absolute Gasteiger partial charge is 0.331 e. The molecule has 0 unspecified atom stereocenters. The molecule has 1 aromatic rings. The zero-order valence-corrected chi connectivity index (χ0v) is 8.82. The summed E-state index contributed by atoms with van der Waals surface area (Å²) >= 11 is 0. The van der Waals surface area contributed by atoms with Gasteiger partial charge in [0.2, 0.25) is 0 Å². The summed E-state index contributed by atoms with van der Waals surface area (Å²) in [6, 6.07) is 9.78. The van der Waals surface area contributed by atoms with Gasteiger partial charge >= 0.3 is 5.97 Å². The largest absolute Gasteiger partial charge is 0.467 e. The average molecular weight is 205 g/mol. The number of carbonyl (C=O) groups excluding carboxylic acids is 1. The fraction of sp³-hybridized carbons (Fsp3) is 0.417. The highest BCUT2D eigenvalue weighted by atomic mass is 16.5. The lowest BCUT2D eigenvalue weighted by Crippen LogP contribution is -2.52. The summed E-state index contributed by atoms with van der Waals surface area (Å²) in [5.74, 6) is -0.155. The molecule has 2 rings (SSSR count). The maximum atomic E-state index is 11.6. The van der Waals surface area contributed by atoms with Gasteiger partial charge in [0, 0.05) is 5.69 Å². The topological polar surface area (TPSA) is 38.3 Å². The minimum Gasteiger partial charge on any atom is -0.467 e. The number of carbonyl (C=O) groups is 1. The van der Waals surface area contributed by atoms with E-state index in [0.717, 1.165) is 24.9 Å².